The van der Waals surface area contributed by atoms with Crippen molar-refractivity contribution >= 4 is 5.69 Å². The fourth-order valence-corrected chi connectivity index (χ4v) is 1.71. The van der Waals surface area contributed by atoms with Gasteiger partial charge in [-0.2, -0.15) is 0 Å². The summed E-state index contributed by atoms with van der Waals surface area (Å²) in [5.41, 5.74) is 2.13. The third kappa shape index (κ3) is 3.68. The van der Waals surface area contributed by atoms with E-state index in [1.807, 2.05) is 31.2 Å². The molecule has 0 aliphatic rings. The second-order valence-corrected chi connectivity index (χ2v) is 4.16. The lowest BCUT2D eigenvalue weighted by Gasteiger charge is -2.11. The van der Waals surface area contributed by atoms with Crippen molar-refractivity contribution in [1.29, 1.82) is 0 Å². The molecule has 0 unspecified atom stereocenters. The van der Waals surface area contributed by atoms with Gasteiger partial charge < -0.3 is 10.1 Å². The van der Waals surface area contributed by atoms with Crippen molar-refractivity contribution in [3.63, 3.8) is 0 Å². The van der Waals surface area contributed by atoms with Gasteiger partial charge in [0.1, 0.15) is 12.4 Å². The first-order valence-corrected chi connectivity index (χ1v) is 6.04. The molecular weight excluding hydrogens is 248 g/mol. The van der Waals surface area contributed by atoms with Crippen LogP contribution in [-0.4, -0.2) is 13.2 Å². The summed E-state index contributed by atoms with van der Waals surface area (Å²) in [5, 5.41) is 3.18. The Labute approximate surface area is 111 Å². The summed E-state index contributed by atoms with van der Waals surface area (Å²) in [7, 11) is 0. The van der Waals surface area contributed by atoms with Crippen molar-refractivity contribution in [1.82, 2.24) is 0 Å². The van der Waals surface area contributed by atoms with E-state index in [-0.39, 0.29) is 12.4 Å². The van der Waals surface area contributed by atoms with Crippen LogP contribution in [0, 0.1) is 18.6 Å². The highest BCUT2D eigenvalue weighted by molar-refractivity contribution is 5.50. The van der Waals surface area contributed by atoms with Crippen molar-refractivity contribution in [2.24, 2.45) is 0 Å². The first-order valence-electron chi connectivity index (χ1n) is 6.04. The van der Waals surface area contributed by atoms with Gasteiger partial charge in [0.05, 0.1) is 0 Å². The maximum absolute atomic E-state index is 13.3. The lowest BCUT2D eigenvalue weighted by Crippen LogP contribution is -2.12. The SMILES string of the molecule is Cc1ccccc1NCCOc1cc(F)ccc1F. The molecule has 0 aromatic heterocycles. The maximum atomic E-state index is 13.3. The topological polar surface area (TPSA) is 21.3 Å². The maximum Gasteiger partial charge on any atom is 0.165 e. The third-order valence-electron chi connectivity index (χ3n) is 2.71. The Morgan fingerprint density at radius 2 is 1.89 bits per heavy atom. The molecule has 0 radical (unpaired) electrons. The predicted octanol–water partition coefficient (Wildman–Crippen LogP) is 3.76. The van der Waals surface area contributed by atoms with Gasteiger partial charge in [-0.05, 0) is 30.7 Å². The normalized spacial score (nSPS) is 10.3. The molecule has 4 heteroatoms. The highest BCUT2D eigenvalue weighted by Crippen LogP contribution is 2.18. The second-order valence-electron chi connectivity index (χ2n) is 4.16. The summed E-state index contributed by atoms with van der Waals surface area (Å²) in [4.78, 5) is 0. The molecule has 19 heavy (non-hydrogen) atoms. The number of rotatable bonds is 5. The Morgan fingerprint density at radius 1 is 1.11 bits per heavy atom. The number of aryl methyl sites for hydroxylation is 1. The van der Waals surface area contributed by atoms with E-state index in [1.54, 1.807) is 0 Å². The summed E-state index contributed by atoms with van der Waals surface area (Å²) in [6.45, 7) is 2.77. The molecule has 0 saturated carbocycles. The molecule has 2 nitrogen and oxygen atoms in total. The zero-order valence-electron chi connectivity index (χ0n) is 10.6. The minimum atomic E-state index is -0.558. The van der Waals surface area contributed by atoms with Gasteiger partial charge in [0, 0.05) is 18.3 Å². The number of halogens is 2. The smallest absolute Gasteiger partial charge is 0.165 e. The van der Waals surface area contributed by atoms with Crippen molar-refractivity contribution in [3.8, 4) is 5.75 Å². The monoisotopic (exact) mass is 263 g/mol. The first kappa shape index (κ1) is 13.3. The zero-order chi connectivity index (χ0) is 13.7. The Kier molecular flexibility index (Phi) is 4.34. The highest BCUT2D eigenvalue weighted by atomic mass is 19.1. The number of ether oxygens (including phenoxy) is 1. The number of para-hydroxylation sites is 1. The van der Waals surface area contributed by atoms with Gasteiger partial charge in [-0.1, -0.05) is 18.2 Å². The predicted molar refractivity (Wildman–Crippen MR) is 71.5 cm³/mol. The van der Waals surface area contributed by atoms with Crippen LogP contribution in [0.5, 0.6) is 5.75 Å². The van der Waals surface area contributed by atoms with Crippen molar-refractivity contribution < 1.29 is 13.5 Å². The Balaban J connectivity index is 1.84. The van der Waals surface area contributed by atoms with E-state index in [1.165, 1.54) is 0 Å². The van der Waals surface area contributed by atoms with E-state index in [0.29, 0.717) is 6.54 Å². The fraction of sp³-hybridized carbons (Fsp3) is 0.200. The number of hydrogen-bond donors (Lipinski definition) is 1. The largest absolute Gasteiger partial charge is 0.489 e. The average molecular weight is 263 g/mol. The molecule has 0 aliphatic heterocycles. The average Bonchev–Trinajstić information content (AvgIpc) is 2.40. The van der Waals surface area contributed by atoms with Gasteiger partial charge in [-0.15, -0.1) is 0 Å². The van der Waals surface area contributed by atoms with Crippen LogP contribution in [-0.2, 0) is 0 Å². The first-order chi connectivity index (χ1) is 9.16. The fourth-order valence-electron chi connectivity index (χ4n) is 1.71. The van der Waals surface area contributed by atoms with Crippen LogP contribution in [0.2, 0.25) is 0 Å². The van der Waals surface area contributed by atoms with Gasteiger partial charge in [-0.25, -0.2) is 8.78 Å². The summed E-state index contributed by atoms with van der Waals surface area (Å²) in [6.07, 6.45) is 0. The molecule has 0 bridgehead atoms. The molecule has 2 rings (SSSR count). The van der Waals surface area contributed by atoms with Crippen LogP contribution in [0.15, 0.2) is 42.5 Å². The number of nitrogens with one attached hydrogen (secondary N) is 1. The molecule has 1 N–H and O–H groups in total. The molecule has 0 amide bonds. The van der Waals surface area contributed by atoms with Crippen LogP contribution in [0.3, 0.4) is 0 Å². The van der Waals surface area contributed by atoms with E-state index in [4.69, 9.17) is 4.74 Å². The Morgan fingerprint density at radius 3 is 2.68 bits per heavy atom. The van der Waals surface area contributed by atoms with Gasteiger partial charge in [0.25, 0.3) is 0 Å². The summed E-state index contributed by atoms with van der Waals surface area (Å²) in [5.74, 6) is -1.13. The number of benzene rings is 2. The molecule has 0 saturated heterocycles. The van der Waals surface area contributed by atoms with Crippen LogP contribution in [0.4, 0.5) is 14.5 Å². The molecule has 0 atom stereocenters. The molecule has 2 aromatic carbocycles. The van der Waals surface area contributed by atoms with Crippen molar-refractivity contribution in [3.05, 3.63) is 59.7 Å². The standard InChI is InChI=1S/C15H15F2NO/c1-11-4-2-3-5-14(11)18-8-9-19-15-10-12(16)6-7-13(15)17/h2-7,10,18H,8-9H2,1H3. The van der Waals surface area contributed by atoms with Gasteiger partial charge in [0.15, 0.2) is 11.6 Å². The Bertz CT molecular complexity index is 558. The van der Waals surface area contributed by atoms with Crippen molar-refractivity contribution in [2.45, 2.75) is 6.92 Å². The zero-order valence-corrected chi connectivity index (χ0v) is 10.6. The molecule has 0 spiro atoms. The quantitative estimate of drug-likeness (QED) is 0.829. The lowest BCUT2D eigenvalue weighted by atomic mass is 10.2. The summed E-state index contributed by atoms with van der Waals surface area (Å²) < 4.78 is 31.4. The molecule has 100 valence electrons. The molecule has 0 fully saturated rings. The van der Waals surface area contributed by atoms with Crippen LogP contribution in [0.1, 0.15) is 5.56 Å². The number of anilines is 1. The van der Waals surface area contributed by atoms with E-state index < -0.39 is 11.6 Å². The summed E-state index contributed by atoms with van der Waals surface area (Å²) in [6, 6.07) is 11.0. The summed E-state index contributed by atoms with van der Waals surface area (Å²) >= 11 is 0. The van der Waals surface area contributed by atoms with E-state index in [9.17, 15) is 8.78 Å². The Hall–Kier alpha value is -2.10. The van der Waals surface area contributed by atoms with Gasteiger partial charge in [0.2, 0.25) is 0 Å². The van der Waals surface area contributed by atoms with Crippen LogP contribution < -0.4 is 10.1 Å². The molecule has 2 aromatic rings. The third-order valence-corrected chi connectivity index (χ3v) is 2.71. The minimum absolute atomic E-state index is 0.0633. The van der Waals surface area contributed by atoms with Crippen molar-refractivity contribution in [2.75, 3.05) is 18.5 Å². The highest BCUT2D eigenvalue weighted by Gasteiger charge is 2.04. The van der Waals surface area contributed by atoms with E-state index in [0.717, 1.165) is 29.4 Å². The molecule has 0 heterocycles. The lowest BCUT2D eigenvalue weighted by molar-refractivity contribution is 0.313. The van der Waals surface area contributed by atoms with Crippen LogP contribution in [0.25, 0.3) is 0 Å². The second kappa shape index (κ2) is 6.18. The van der Waals surface area contributed by atoms with E-state index in [2.05, 4.69) is 5.32 Å². The number of hydrogen-bond acceptors (Lipinski definition) is 2. The van der Waals surface area contributed by atoms with Gasteiger partial charge in [-0.3, -0.25) is 0 Å². The molecule has 0 aliphatic carbocycles. The van der Waals surface area contributed by atoms with E-state index >= 15 is 0 Å². The molecular formula is C15H15F2NO. The van der Waals surface area contributed by atoms with Crippen LogP contribution >= 0.6 is 0 Å². The van der Waals surface area contributed by atoms with Gasteiger partial charge >= 0.3 is 0 Å². The minimum Gasteiger partial charge on any atom is -0.489 e.